The van der Waals surface area contributed by atoms with Gasteiger partial charge in [-0.15, -0.1) is 11.3 Å². The lowest BCUT2D eigenvalue weighted by molar-refractivity contribution is 0.251. The summed E-state index contributed by atoms with van der Waals surface area (Å²) in [7, 11) is 0. The van der Waals surface area contributed by atoms with Crippen LogP contribution in [0.4, 0.5) is 25.0 Å². The molecule has 2 aliphatic rings. The number of benzene rings is 2. The summed E-state index contributed by atoms with van der Waals surface area (Å²) >= 11 is 1.53. The van der Waals surface area contributed by atoms with E-state index in [1.807, 2.05) is 42.8 Å². The van der Waals surface area contributed by atoms with Gasteiger partial charge >= 0.3 is 6.03 Å². The molecule has 1 aromatic heterocycles. The van der Waals surface area contributed by atoms with Crippen LogP contribution in [0.3, 0.4) is 0 Å². The number of thiophene rings is 1. The topological polar surface area (TPSA) is 44.7 Å². The lowest BCUT2D eigenvalue weighted by atomic mass is 9.99. The van der Waals surface area contributed by atoms with E-state index in [9.17, 15) is 4.79 Å². The predicted molar refractivity (Wildman–Crippen MR) is 116 cm³/mol. The van der Waals surface area contributed by atoms with Crippen LogP contribution >= 0.6 is 11.3 Å². The Labute approximate surface area is 176 Å². The fourth-order valence-electron chi connectivity index (χ4n) is 4.04. The number of amides is 2. The van der Waals surface area contributed by atoms with Crippen LogP contribution in [-0.2, 0) is 12.8 Å². The van der Waals surface area contributed by atoms with Crippen molar-refractivity contribution in [2.75, 3.05) is 11.4 Å². The van der Waals surface area contributed by atoms with Crippen molar-refractivity contribution in [1.82, 2.24) is 5.32 Å². The Morgan fingerprint density at radius 2 is 2.07 bits per heavy atom. The van der Waals surface area contributed by atoms with Gasteiger partial charge in [0.25, 0.3) is 0 Å². The number of aliphatic imine (C=N–C) groups is 1. The molecule has 30 heavy (non-hydrogen) atoms. The van der Waals surface area contributed by atoms with E-state index in [1.54, 1.807) is 12.1 Å². The van der Waals surface area contributed by atoms with E-state index in [2.05, 4.69) is 10.3 Å². The van der Waals surface area contributed by atoms with Crippen LogP contribution in [0.25, 0.3) is 11.1 Å². The number of carbonyl (C=O) groups excluding carboxylic acids is 1. The van der Waals surface area contributed by atoms with Crippen LogP contribution in [0.1, 0.15) is 29.0 Å². The summed E-state index contributed by atoms with van der Waals surface area (Å²) in [6, 6.07) is 9.66. The van der Waals surface area contributed by atoms with Crippen molar-refractivity contribution >= 4 is 35.0 Å². The summed E-state index contributed by atoms with van der Waals surface area (Å²) in [4.78, 5) is 19.5. The van der Waals surface area contributed by atoms with Gasteiger partial charge in [-0.05, 0) is 41.1 Å². The van der Waals surface area contributed by atoms with Gasteiger partial charge in [0.05, 0.1) is 11.7 Å². The van der Waals surface area contributed by atoms with Crippen molar-refractivity contribution in [1.29, 1.82) is 0 Å². The average molecular weight is 423 g/mol. The number of nitrogens with one attached hydrogen (secondary N) is 1. The largest absolute Gasteiger partial charge is 0.335 e. The molecule has 1 unspecified atom stereocenters. The standard InChI is InChI=1S/C23H19F2N3OS/c1-2-16-9-14(12-30-16)17-5-6-18(22(25)21(17)24)20-11-27-23(29)28(20)15-4-3-13-7-8-26-19(13)10-15/h3-6,8-10,12,20H,2,7,11H2,1H3,(H,27,29). The smallest absolute Gasteiger partial charge is 0.322 e. The van der Waals surface area contributed by atoms with Crippen LogP contribution in [0.2, 0.25) is 0 Å². The average Bonchev–Trinajstić information content (AvgIpc) is 3.48. The minimum absolute atomic E-state index is 0.157. The van der Waals surface area contributed by atoms with Crippen LogP contribution in [0, 0.1) is 11.6 Å². The van der Waals surface area contributed by atoms with Crippen molar-refractivity contribution in [3.05, 3.63) is 69.4 Å². The van der Waals surface area contributed by atoms with Gasteiger partial charge in [-0.3, -0.25) is 9.89 Å². The molecule has 3 heterocycles. The Balaban J connectivity index is 1.53. The number of aryl methyl sites for hydroxylation is 1. The SMILES string of the molecule is CCc1cc(-c2ccc(C3CNC(=O)N3c3ccc4c(c3)N=CC4)c(F)c2F)cs1. The molecule has 1 atom stereocenters. The molecule has 152 valence electrons. The Morgan fingerprint density at radius 3 is 2.87 bits per heavy atom. The summed E-state index contributed by atoms with van der Waals surface area (Å²) in [6.45, 7) is 2.23. The van der Waals surface area contributed by atoms with Gasteiger partial charge in [0.1, 0.15) is 0 Å². The zero-order chi connectivity index (χ0) is 20.8. The van der Waals surface area contributed by atoms with E-state index in [-0.39, 0.29) is 23.7 Å². The highest BCUT2D eigenvalue weighted by Gasteiger charge is 2.36. The van der Waals surface area contributed by atoms with Gasteiger partial charge in [-0.2, -0.15) is 0 Å². The molecular weight excluding hydrogens is 404 g/mol. The van der Waals surface area contributed by atoms with Crippen LogP contribution in [0.5, 0.6) is 0 Å². The first-order valence-corrected chi connectivity index (χ1v) is 10.7. The van der Waals surface area contributed by atoms with E-state index in [4.69, 9.17) is 0 Å². The molecule has 1 fully saturated rings. The van der Waals surface area contributed by atoms with Gasteiger partial charge in [-0.25, -0.2) is 13.6 Å². The number of halogens is 2. The highest BCUT2D eigenvalue weighted by Crippen LogP contribution is 2.38. The molecule has 0 spiro atoms. The first-order chi connectivity index (χ1) is 14.6. The Hall–Kier alpha value is -3.06. The summed E-state index contributed by atoms with van der Waals surface area (Å²) in [6.07, 6.45) is 3.43. The van der Waals surface area contributed by atoms with Crippen molar-refractivity contribution in [2.24, 2.45) is 4.99 Å². The fourth-order valence-corrected chi connectivity index (χ4v) is 4.87. The summed E-state index contributed by atoms with van der Waals surface area (Å²) in [5.74, 6) is -1.80. The van der Waals surface area contributed by atoms with Crippen molar-refractivity contribution in [3.63, 3.8) is 0 Å². The Morgan fingerprint density at radius 1 is 1.20 bits per heavy atom. The van der Waals surface area contributed by atoms with Crippen molar-refractivity contribution < 1.29 is 13.6 Å². The van der Waals surface area contributed by atoms with Gasteiger partial charge in [0, 0.05) is 40.9 Å². The predicted octanol–water partition coefficient (Wildman–Crippen LogP) is 5.79. The number of rotatable bonds is 4. The van der Waals surface area contributed by atoms with Gasteiger partial charge in [0.2, 0.25) is 0 Å². The van der Waals surface area contributed by atoms with E-state index >= 15 is 8.78 Å². The molecule has 0 bridgehead atoms. The first-order valence-electron chi connectivity index (χ1n) is 9.85. The quantitative estimate of drug-likeness (QED) is 0.568. The van der Waals surface area contributed by atoms with Crippen molar-refractivity contribution in [3.8, 4) is 11.1 Å². The molecule has 2 aliphatic heterocycles. The molecule has 0 radical (unpaired) electrons. The molecule has 4 nitrogen and oxygen atoms in total. The molecule has 1 N–H and O–H groups in total. The normalized spacial score (nSPS) is 17.5. The Bertz CT molecular complexity index is 1190. The van der Waals surface area contributed by atoms with Crippen LogP contribution in [0.15, 0.2) is 46.8 Å². The molecular formula is C23H19F2N3OS. The summed E-state index contributed by atoms with van der Waals surface area (Å²) in [5, 5.41) is 4.59. The van der Waals surface area contributed by atoms with Crippen molar-refractivity contribution in [2.45, 2.75) is 25.8 Å². The van der Waals surface area contributed by atoms with E-state index in [0.29, 0.717) is 11.3 Å². The zero-order valence-electron chi connectivity index (χ0n) is 16.3. The number of urea groups is 1. The van der Waals surface area contributed by atoms with Crippen LogP contribution in [-0.4, -0.2) is 18.8 Å². The molecule has 7 heteroatoms. The van der Waals surface area contributed by atoms with Gasteiger partial charge < -0.3 is 5.32 Å². The number of fused-ring (bicyclic) bond motifs is 1. The maximum absolute atomic E-state index is 15.2. The lowest BCUT2D eigenvalue weighted by Crippen LogP contribution is -2.30. The van der Waals surface area contributed by atoms with Gasteiger partial charge in [-0.1, -0.05) is 25.1 Å². The minimum atomic E-state index is -0.914. The van der Waals surface area contributed by atoms with E-state index < -0.39 is 17.7 Å². The lowest BCUT2D eigenvalue weighted by Gasteiger charge is -2.24. The number of carbonyl (C=O) groups is 1. The number of anilines is 1. The van der Waals surface area contributed by atoms with Crippen LogP contribution < -0.4 is 10.2 Å². The summed E-state index contributed by atoms with van der Waals surface area (Å²) < 4.78 is 30.2. The minimum Gasteiger partial charge on any atom is -0.335 e. The second kappa shape index (κ2) is 7.32. The maximum atomic E-state index is 15.2. The molecule has 0 aliphatic carbocycles. The molecule has 2 amide bonds. The molecule has 1 saturated heterocycles. The number of nitrogens with zero attached hydrogens (tertiary/aromatic N) is 2. The monoisotopic (exact) mass is 423 g/mol. The highest BCUT2D eigenvalue weighted by atomic mass is 32.1. The molecule has 3 aromatic rings. The fraction of sp³-hybridized carbons (Fsp3) is 0.217. The number of hydrogen-bond donors (Lipinski definition) is 1. The zero-order valence-corrected chi connectivity index (χ0v) is 17.1. The first kappa shape index (κ1) is 18.9. The second-order valence-corrected chi connectivity index (χ2v) is 8.38. The third-order valence-electron chi connectivity index (χ3n) is 5.65. The second-order valence-electron chi connectivity index (χ2n) is 7.39. The third kappa shape index (κ3) is 3.01. The highest BCUT2D eigenvalue weighted by molar-refractivity contribution is 7.10. The molecule has 5 rings (SSSR count). The van der Waals surface area contributed by atoms with E-state index in [0.717, 1.165) is 29.0 Å². The number of hydrogen-bond acceptors (Lipinski definition) is 3. The summed E-state index contributed by atoms with van der Waals surface area (Å²) in [5.41, 5.74) is 3.57. The molecule has 0 saturated carbocycles. The molecule has 2 aromatic carbocycles. The Kier molecular flexibility index (Phi) is 4.62. The van der Waals surface area contributed by atoms with Gasteiger partial charge in [0.15, 0.2) is 11.6 Å². The third-order valence-corrected chi connectivity index (χ3v) is 6.73. The maximum Gasteiger partial charge on any atom is 0.322 e. The van der Waals surface area contributed by atoms with E-state index in [1.165, 1.54) is 16.2 Å².